The molecular formula is C30H36BrN3O5S. The van der Waals surface area contributed by atoms with Crippen molar-refractivity contribution >= 4 is 43.5 Å². The van der Waals surface area contributed by atoms with Gasteiger partial charge in [0.2, 0.25) is 11.8 Å². The Bertz CT molecular complexity index is 1440. The average molecular weight is 631 g/mol. The van der Waals surface area contributed by atoms with Crippen LogP contribution in [0.15, 0.2) is 82.2 Å². The standard InChI is InChI=1S/C30H36BrN3O5S/c1-21-11-17-25(18-12-21)40(37,38)34(26-9-7-8-10-27(26)39-6)20-28(35)33(19-23-13-15-24(31)16-14-23)22(2)29(36)32-30(3,4)5/h7-18,22H,19-20H2,1-6H3,(H,32,36). The summed E-state index contributed by atoms with van der Waals surface area (Å²) in [6, 6.07) is 19.6. The molecule has 40 heavy (non-hydrogen) atoms. The zero-order chi connectivity index (χ0) is 29.7. The molecule has 1 N–H and O–H groups in total. The van der Waals surface area contributed by atoms with Gasteiger partial charge in [-0.3, -0.25) is 13.9 Å². The van der Waals surface area contributed by atoms with Gasteiger partial charge < -0.3 is 15.0 Å². The highest BCUT2D eigenvalue weighted by molar-refractivity contribution is 9.10. The first-order valence-corrected chi connectivity index (χ1v) is 15.0. The molecular weight excluding hydrogens is 594 g/mol. The highest BCUT2D eigenvalue weighted by Crippen LogP contribution is 2.32. The smallest absolute Gasteiger partial charge is 0.264 e. The summed E-state index contributed by atoms with van der Waals surface area (Å²) < 4.78 is 35.3. The average Bonchev–Trinajstić information content (AvgIpc) is 2.90. The van der Waals surface area contributed by atoms with Crippen LogP contribution in [0, 0.1) is 6.92 Å². The van der Waals surface area contributed by atoms with Crippen molar-refractivity contribution in [1.82, 2.24) is 10.2 Å². The summed E-state index contributed by atoms with van der Waals surface area (Å²) in [5, 5.41) is 2.92. The Kier molecular flexibility index (Phi) is 10.0. The Hall–Kier alpha value is -3.37. The minimum atomic E-state index is -4.19. The Morgan fingerprint density at radius 3 is 2.15 bits per heavy atom. The van der Waals surface area contributed by atoms with Gasteiger partial charge in [0.1, 0.15) is 18.3 Å². The molecule has 3 rings (SSSR count). The van der Waals surface area contributed by atoms with Crippen molar-refractivity contribution in [2.75, 3.05) is 18.0 Å². The maximum atomic E-state index is 14.0. The number of amides is 2. The summed E-state index contributed by atoms with van der Waals surface area (Å²) in [5.41, 5.74) is 1.39. The van der Waals surface area contributed by atoms with Crippen LogP contribution in [0.3, 0.4) is 0 Å². The zero-order valence-corrected chi connectivity index (χ0v) is 26.0. The third-order valence-corrected chi connectivity index (χ3v) is 8.48. The van der Waals surface area contributed by atoms with Gasteiger partial charge in [-0.25, -0.2) is 8.42 Å². The lowest BCUT2D eigenvalue weighted by Crippen LogP contribution is -2.54. The topological polar surface area (TPSA) is 96.0 Å². The molecule has 0 aromatic heterocycles. The molecule has 0 saturated heterocycles. The number of para-hydroxylation sites is 2. The molecule has 0 spiro atoms. The van der Waals surface area contributed by atoms with E-state index in [2.05, 4.69) is 21.2 Å². The van der Waals surface area contributed by atoms with Crippen LogP contribution >= 0.6 is 15.9 Å². The molecule has 0 radical (unpaired) electrons. The molecule has 0 aliphatic rings. The van der Waals surface area contributed by atoms with Gasteiger partial charge in [0, 0.05) is 16.6 Å². The molecule has 0 saturated carbocycles. The molecule has 1 atom stereocenters. The van der Waals surface area contributed by atoms with Crippen LogP contribution in [-0.2, 0) is 26.2 Å². The fraction of sp³-hybridized carbons (Fsp3) is 0.333. The molecule has 3 aromatic rings. The van der Waals surface area contributed by atoms with Gasteiger partial charge in [0.05, 0.1) is 17.7 Å². The molecule has 0 fully saturated rings. The predicted octanol–water partition coefficient (Wildman–Crippen LogP) is 5.29. The number of rotatable bonds is 10. The van der Waals surface area contributed by atoms with E-state index in [1.54, 1.807) is 43.3 Å². The van der Waals surface area contributed by atoms with E-state index in [4.69, 9.17) is 4.74 Å². The van der Waals surface area contributed by atoms with Crippen molar-refractivity contribution in [3.05, 3.63) is 88.4 Å². The maximum absolute atomic E-state index is 14.0. The van der Waals surface area contributed by atoms with Crippen molar-refractivity contribution in [1.29, 1.82) is 0 Å². The highest BCUT2D eigenvalue weighted by atomic mass is 79.9. The maximum Gasteiger partial charge on any atom is 0.264 e. The molecule has 0 aliphatic heterocycles. The lowest BCUT2D eigenvalue weighted by molar-refractivity contribution is -0.140. The first kappa shape index (κ1) is 31.2. The van der Waals surface area contributed by atoms with Gasteiger partial charge in [-0.05, 0) is 76.6 Å². The summed E-state index contributed by atoms with van der Waals surface area (Å²) in [5.74, 6) is -0.590. The van der Waals surface area contributed by atoms with Crippen molar-refractivity contribution in [3.63, 3.8) is 0 Å². The van der Waals surface area contributed by atoms with Crippen molar-refractivity contribution in [2.24, 2.45) is 0 Å². The first-order valence-electron chi connectivity index (χ1n) is 12.8. The molecule has 3 aromatic carbocycles. The Balaban J connectivity index is 2.07. The number of methoxy groups -OCH3 is 1. The lowest BCUT2D eigenvalue weighted by Gasteiger charge is -2.33. The third kappa shape index (κ3) is 7.85. The summed E-state index contributed by atoms with van der Waals surface area (Å²) in [6.07, 6.45) is 0. The monoisotopic (exact) mass is 629 g/mol. The summed E-state index contributed by atoms with van der Waals surface area (Å²) in [6.45, 7) is 8.64. The number of anilines is 1. The number of carbonyl (C=O) groups is 2. The normalized spacial score (nSPS) is 12.4. The second-order valence-corrected chi connectivity index (χ2v) is 13.3. The number of halogens is 1. The zero-order valence-electron chi connectivity index (χ0n) is 23.6. The van der Waals surface area contributed by atoms with Crippen LogP contribution in [0.2, 0.25) is 0 Å². The van der Waals surface area contributed by atoms with Crippen molar-refractivity contribution in [2.45, 2.75) is 57.6 Å². The van der Waals surface area contributed by atoms with Crippen LogP contribution in [0.25, 0.3) is 0 Å². The lowest BCUT2D eigenvalue weighted by atomic mass is 10.1. The fourth-order valence-corrected chi connectivity index (χ4v) is 5.72. The fourth-order valence-electron chi connectivity index (χ4n) is 4.03. The van der Waals surface area contributed by atoms with Crippen LogP contribution in [0.4, 0.5) is 5.69 Å². The summed E-state index contributed by atoms with van der Waals surface area (Å²) in [7, 11) is -2.75. The second-order valence-electron chi connectivity index (χ2n) is 10.6. The second kappa shape index (κ2) is 12.9. The molecule has 0 bridgehead atoms. The van der Waals surface area contributed by atoms with Crippen molar-refractivity contribution in [3.8, 4) is 5.75 Å². The van der Waals surface area contributed by atoms with E-state index in [1.165, 1.54) is 24.1 Å². The van der Waals surface area contributed by atoms with Gasteiger partial charge in [0.15, 0.2) is 0 Å². The predicted molar refractivity (Wildman–Crippen MR) is 161 cm³/mol. The number of hydrogen-bond donors (Lipinski definition) is 1. The molecule has 0 aliphatic carbocycles. The minimum Gasteiger partial charge on any atom is -0.495 e. The summed E-state index contributed by atoms with van der Waals surface area (Å²) >= 11 is 3.42. The third-order valence-electron chi connectivity index (χ3n) is 6.17. The Morgan fingerprint density at radius 1 is 0.975 bits per heavy atom. The number of aryl methyl sites for hydroxylation is 1. The van der Waals surface area contributed by atoms with E-state index in [-0.39, 0.29) is 23.0 Å². The molecule has 1 unspecified atom stereocenters. The summed E-state index contributed by atoms with van der Waals surface area (Å²) in [4.78, 5) is 28.7. The van der Waals surface area contributed by atoms with E-state index in [0.29, 0.717) is 5.75 Å². The van der Waals surface area contributed by atoms with Gasteiger partial charge in [-0.2, -0.15) is 0 Å². The number of nitrogens with one attached hydrogen (secondary N) is 1. The number of sulfonamides is 1. The van der Waals surface area contributed by atoms with Crippen LogP contribution in [0.1, 0.15) is 38.8 Å². The van der Waals surface area contributed by atoms with E-state index < -0.39 is 34.1 Å². The van der Waals surface area contributed by atoms with Gasteiger partial charge >= 0.3 is 0 Å². The minimum absolute atomic E-state index is 0.0368. The van der Waals surface area contributed by atoms with Gasteiger partial charge in [-0.1, -0.05) is 57.9 Å². The van der Waals surface area contributed by atoms with E-state index in [1.807, 2.05) is 52.0 Å². The largest absolute Gasteiger partial charge is 0.495 e. The number of benzene rings is 3. The van der Waals surface area contributed by atoms with Crippen LogP contribution in [0.5, 0.6) is 5.75 Å². The van der Waals surface area contributed by atoms with Gasteiger partial charge in [-0.15, -0.1) is 0 Å². The Labute approximate surface area is 245 Å². The van der Waals surface area contributed by atoms with E-state index in [0.717, 1.165) is 19.9 Å². The quantitative estimate of drug-likeness (QED) is 0.329. The van der Waals surface area contributed by atoms with Crippen molar-refractivity contribution < 1.29 is 22.7 Å². The number of ether oxygens (including phenoxy) is 1. The molecule has 2 amide bonds. The first-order chi connectivity index (χ1) is 18.7. The molecule has 8 nitrogen and oxygen atoms in total. The number of nitrogens with zero attached hydrogens (tertiary/aromatic N) is 2. The SMILES string of the molecule is COc1ccccc1N(CC(=O)N(Cc1ccc(Br)cc1)C(C)C(=O)NC(C)(C)C)S(=O)(=O)c1ccc(C)cc1. The molecule has 10 heteroatoms. The van der Waals surface area contributed by atoms with E-state index >= 15 is 0 Å². The highest BCUT2D eigenvalue weighted by Gasteiger charge is 2.34. The van der Waals surface area contributed by atoms with E-state index in [9.17, 15) is 18.0 Å². The Morgan fingerprint density at radius 2 is 1.57 bits per heavy atom. The number of hydrogen-bond acceptors (Lipinski definition) is 5. The van der Waals surface area contributed by atoms with Crippen LogP contribution in [-0.4, -0.2) is 50.4 Å². The number of carbonyl (C=O) groups excluding carboxylic acids is 2. The molecule has 0 heterocycles. The molecule has 214 valence electrons. The van der Waals surface area contributed by atoms with Crippen LogP contribution < -0.4 is 14.4 Å². The van der Waals surface area contributed by atoms with Gasteiger partial charge in [0.25, 0.3) is 10.0 Å².